The third kappa shape index (κ3) is 2.24. The average Bonchev–Trinajstić information content (AvgIpc) is 2.81. The van der Waals surface area contributed by atoms with Crippen LogP contribution in [-0.2, 0) is 0 Å². The number of fused-ring (bicyclic) bond motifs is 1. The number of hydrogen-bond donors (Lipinski definition) is 1. The molecule has 1 heterocycles. The van der Waals surface area contributed by atoms with Gasteiger partial charge in [0.15, 0.2) is 5.58 Å². The second-order valence-corrected chi connectivity index (χ2v) is 4.99. The molecule has 3 rings (SSSR count). The Balaban J connectivity index is 2.13. The molecule has 0 atom stereocenters. The van der Waals surface area contributed by atoms with E-state index < -0.39 is 5.91 Å². The van der Waals surface area contributed by atoms with E-state index in [-0.39, 0.29) is 0 Å². The summed E-state index contributed by atoms with van der Waals surface area (Å²) in [6, 6.07) is 12.5. The van der Waals surface area contributed by atoms with Crippen molar-refractivity contribution in [1.82, 2.24) is 4.98 Å². The molecule has 0 saturated carbocycles. The van der Waals surface area contributed by atoms with Crippen molar-refractivity contribution in [1.29, 1.82) is 0 Å². The first-order valence-electron chi connectivity index (χ1n) is 5.60. The van der Waals surface area contributed by atoms with Crippen LogP contribution >= 0.6 is 15.9 Å². The number of nitrogens with two attached hydrogens (primary N) is 1. The van der Waals surface area contributed by atoms with Crippen LogP contribution in [0.4, 0.5) is 0 Å². The van der Waals surface area contributed by atoms with E-state index in [1.54, 1.807) is 18.2 Å². The maximum atomic E-state index is 11.2. The maximum Gasteiger partial charge on any atom is 0.248 e. The molecule has 0 aliphatic carbocycles. The van der Waals surface area contributed by atoms with Gasteiger partial charge in [-0.05, 0) is 36.4 Å². The first kappa shape index (κ1) is 11.9. The quantitative estimate of drug-likeness (QED) is 0.788. The van der Waals surface area contributed by atoms with Crippen LogP contribution in [0.1, 0.15) is 10.4 Å². The van der Waals surface area contributed by atoms with Gasteiger partial charge in [0.05, 0.1) is 0 Å². The molecular formula is C14H9BrN2O2. The predicted octanol–water partition coefficient (Wildman–Crippen LogP) is 3.36. The maximum absolute atomic E-state index is 11.2. The first-order valence-corrected chi connectivity index (χ1v) is 6.39. The lowest BCUT2D eigenvalue weighted by molar-refractivity contribution is 0.100. The molecule has 0 aliphatic heterocycles. The van der Waals surface area contributed by atoms with Crippen LogP contribution in [0.2, 0.25) is 0 Å². The van der Waals surface area contributed by atoms with E-state index in [9.17, 15) is 4.79 Å². The lowest BCUT2D eigenvalue weighted by Crippen LogP contribution is -2.10. The van der Waals surface area contributed by atoms with E-state index in [0.717, 1.165) is 15.6 Å². The van der Waals surface area contributed by atoms with Gasteiger partial charge >= 0.3 is 0 Å². The molecule has 1 amide bonds. The van der Waals surface area contributed by atoms with Crippen LogP contribution in [0, 0.1) is 0 Å². The fraction of sp³-hybridized carbons (Fsp3) is 0. The standard InChI is InChI=1S/C14H9BrN2O2/c15-10-4-5-11-12(7-10)19-14(17-11)9-3-1-2-8(6-9)13(16)18/h1-7H,(H2,16,18). The van der Waals surface area contributed by atoms with Gasteiger partial charge < -0.3 is 10.2 Å². The summed E-state index contributed by atoms with van der Waals surface area (Å²) < 4.78 is 6.60. The molecule has 0 unspecified atom stereocenters. The van der Waals surface area contributed by atoms with E-state index in [4.69, 9.17) is 10.2 Å². The molecule has 0 fully saturated rings. The summed E-state index contributed by atoms with van der Waals surface area (Å²) in [6.45, 7) is 0. The zero-order valence-electron chi connectivity index (χ0n) is 9.76. The predicted molar refractivity (Wildman–Crippen MR) is 75.7 cm³/mol. The van der Waals surface area contributed by atoms with Gasteiger partial charge in [-0.3, -0.25) is 4.79 Å². The summed E-state index contributed by atoms with van der Waals surface area (Å²) >= 11 is 3.38. The van der Waals surface area contributed by atoms with E-state index in [0.29, 0.717) is 17.0 Å². The van der Waals surface area contributed by atoms with E-state index >= 15 is 0 Å². The highest BCUT2D eigenvalue weighted by atomic mass is 79.9. The summed E-state index contributed by atoms with van der Waals surface area (Å²) in [5.74, 6) is -0.00287. The van der Waals surface area contributed by atoms with Crippen molar-refractivity contribution >= 4 is 32.9 Å². The van der Waals surface area contributed by atoms with E-state index in [2.05, 4.69) is 20.9 Å². The van der Waals surface area contributed by atoms with Crippen molar-refractivity contribution in [3.8, 4) is 11.5 Å². The molecule has 2 aromatic carbocycles. The topological polar surface area (TPSA) is 69.1 Å². The molecule has 19 heavy (non-hydrogen) atoms. The minimum absolute atomic E-state index is 0.431. The van der Waals surface area contributed by atoms with Crippen molar-refractivity contribution in [2.75, 3.05) is 0 Å². The molecule has 5 heteroatoms. The molecule has 1 aromatic heterocycles. The lowest BCUT2D eigenvalue weighted by Gasteiger charge is -1.98. The fourth-order valence-corrected chi connectivity index (χ4v) is 2.17. The summed E-state index contributed by atoms with van der Waals surface area (Å²) in [4.78, 5) is 15.6. The SMILES string of the molecule is NC(=O)c1cccc(-c2nc3ccc(Br)cc3o2)c1. The number of carbonyl (C=O) groups excluding carboxylic acids is 1. The van der Waals surface area contributed by atoms with E-state index in [1.807, 2.05) is 24.3 Å². The Kier molecular flexibility index (Phi) is 2.83. The largest absolute Gasteiger partial charge is 0.436 e. The van der Waals surface area contributed by atoms with Crippen molar-refractivity contribution in [2.45, 2.75) is 0 Å². The average molecular weight is 317 g/mol. The number of halogens is 1. The number of carbonyl (C=O) groups is 1. The number of oxazole rings is 1. The fourth-order valence-electron chi connectivity index (χ4n) is 1.83. The normalized spacial score (nSPS) is 10.8. The van der Waals surface area contributed by atoms with Crippen LogP contribution in [0.15, 0.2) is 51.4 Å². The van der Waals surface area contributed by atoms with Crippen molar-refractivity contribution in [3.05, 3.63) is 52.5 Å². The molecule has 0 radical (unpaired) electrons. The van der Waals surface area contributed by atoms with Crippen LogP contribution in [0.25, 0.3) is 22.6 Å². The van der Waals surface area contributed by atoms with Gasteiger partial charge in [-0.25, -0.2) is 4.98 Å². The molecule has 0 bridgehead atoms. The second kappa shape index (κ2) is 4.51. The number of primary amides is 1. The highest BCUT2D eigenvalue weighted by molar-refractivity contribution is 9.10. The number of nitrogens with zero attached hydrogens (tertiary/aromatic N) is 1. The smallest absolute Gasteiger partial charge is 0.248 e. The van der Waals surface area contributed by atoms with Gasteiger partial charge in [-0.15, -0.1) is 0 Å². The molecule has 0 aliphatic rings. The third-order valence-corrected chi connectivity index (χ3v) is 3.24. The Hall–Kier alpha value is -2.14. The van der Waals surface area contributed by atoms with E-state index in [1.165, 1.54) is 0 Å². The van der Waals surface area contributed by atoms with Gasteiger partial charge in [0.1, 0.15) is 5.52 Å². The van der Waals surface area contributed by atoms with Gasteiger partial charge in [0.2, 0.25) is 11.8 Å². The number of amides is 1. The van der Waals surface area contributed by atoms with Crippen molar-refractivity contribution < 1.29 is 9.21 Å². The molecule has 2 N–H and O–H groups in total. The summed E-state index contributed by atoms with van der Waals surface area (Å²) in [6.07, 6.45) is 0. The van der Waals surface area contributed by atoms with Crippen LogP contribution in [-0.4, -0.2) is 10.9 Å². The first-order chi connectivity index (χ1) is 9.13. The monoisotopic (exact) mass is 316 g/mol. The molecule has 3 aromatic rings. The van der Waals surface area contributed by atoms with Gasteiger partial charge in [-0.1, -0.05) is 22.0 Å². The number of hydrogen-bond acceptors (Lipinski definition) is 3. The minimum Gasteiger partial charge on any atom is -0.436 e. The molecule has 94 valence electrons. The lowest BCUT2D eigenvalue weighted by atomic mass is 10.1. The summed E-state index contributed by atoms with van der Waals surface area (Å²) in [5.41, 5.74) is 7.87. The zero-order chi connectivity index (χ0) is 13.4. The zero-order valence-corrected chi connectivity index (χ0v) is 11.3. The number of benzene rings is 2. The van der Waals surface area contributed by atoms with Crippen molar-refractivity contribution in [2.24, 2.45) is 5.73 Å². The highest BCUT2D eigenvalue weighted by Gasteiger charge is 2.10. The number of aromatic nitrogens is 1. The van der Waals surface area contributed by atoms with Crippen LogP contribution in [0.3, 0.4) is 0 Å². The molecule has 4 nitrogen and oxygen atoms in total. The Bertz CT molecular complexity index is 780. The van der Waals surface area contributed by atoms with Gasteiger partial charge in [-0.2, -0.15) is 0 Å². The molecular weight excluding hydrogens is 308 g/mol. The Morgan fingerprint density at radius 2 is 2.05 bits per heavy atom. The summed E-state index contributed by atoms with van der Waals surface area (Å²) in [5, 5.41) is 0. The van der Waals surface area contributed by atoms with Gasteiger partial charge in [0.25, 0.3) is 0 Å². The van der Waals surface area contributed by atoms with Gasteiger partial charge in [0, 0.05) is 15.6 Å². The van der Waals surface area contributed by atoms with Crippen molar-refractivity contribution in [3.63, 3.8) is 0 Å². The highest BCUT2D eigenvalue weighted by Crippen LogP contribution is 2.26. The Morgan fingerprint density at radius 3 is 2.84 bits per heavy atom. The minimum atomic E-state index is -0.472. The third-order valence-electron chi connectivity index (χ3n) is 2.74. The van der Waals surface area contributed by atoms with Crippen LogP contribution in [0.5, 0.6) is 0 Å². The Morgan fingerprint density at radius 1 is 1.21 bits per heavy atom. The number of rotatable bonds is 2. The Labute approximate surface area is 117 Å². The van der Waals surface area contributed by atoms with Crippen LogP contribution < -0.4 is 5.73 Å². The molecule has 0 spiro atoms. The second-order valence-electron chi connectivity index (χ2n) is 4.08. The summed E-state index contributed by atoms with van der Waals surface area (Å²) in [7, 11) is 0. The molecule has 0 saturated heterocycles.